The van der Waals surface area contributed by atoms with Gasteiger partial charge in [-0.15, -0.1) is 0 Å². The number of aliphatic carboxylic acids is 1. The van der Waals surface area contributed by atoms with Gasteiger partial charge in [0.1, 0.15) is 5.82 Å². The minimum Gasteiger partial charge on any atom is -0.478 e. The lowest BCUT2D eigenvalue weighted by Gasteiger charge is -2.20. The van der Waals surface area contributed by atoms with Crippen molar-refractivity contribution in [3.05, 3.63) is 57.4 Å². The Morgan fingerprint density at radius 3 is 2.17 bits per heavy atom. The molecule has 0 bridgehead atoms. The second kappa shape index (κ2) is 8.40. The van der Waals surface area contributed by atoms with Crippen LogP contribution in [0.4, 0.5) is 10.1 Å². The normalized spacial score (nSPS) is 15.0. The average molecular weight is 396 g/mol. The summed E-state index contributed by atoms with van der Waals surface area (Å²) in [5.74, 6) is -1.15. The summed E-state index contributed by atoms with van der Waals surface area (Å²) in [6.45, 7) is 9.64. The molecule has 3 rings (SSSR count). The number of carbonyl (C=O) groups is 1. The third-order valence-corrected chi connectivity index (χ3v) is 6.35. The molecule has 0 radical (unpaired) electrons. The van der Waals surface area contributed by atoms with E-state index in [4.69, 9.17) is 0 Å². The summed E-state index contributed by atoms with van der Waals surface area (Å²) in [5, 5.41) is 12.6. The van der Waals surface area contributed by atoms with E-state index in [1.807, 2.05) is 39.8 Å². The van der Waals surface area contributed by atoms with Crippen molar-refractivity contribution in [1.82, 2.24) is 0 Å². The van der Waals surface area contributed by atoms with Crippen molar-refractivity contribution in [3.63, 3.8) is 0 Å². The van der Waals surface area contributed by atoms with Crippen LogP contribution in [0, 0.1) is 33.5 Å². The number of nitrogens with one attached hydrogen (secondary N) is 1. The molecule has 1 fully saturated rings. The Morgan fingerprint density at radius 2 is 1.66 bits per heavy atom. The topological polar surface area (TPSA) is 49.3 Å². The van der Waals surface area contributed by atoms with Gasteiger partial charge in [-0.05, 0) is 105 Å². The van der Waals surface area contributed by atoms with Crippen LogP contribution in [0.15, 0.2) is 23.8 Å². The van der Waals surface area contributed by atoms with Crippen molar-refractivity contribution >= 4 is 17.7 Å². The second-order valence-electron chi connectivity index (χ2n) is 8.24. The summed E-state index contributed by atoms with van der Waals surface area (Å²) >= 11 is 0. The van der Waals surface area contributed by atoms with Crippen LogP contribution in [0.5, 0.6) is 0 Å². The molecule has 0 amide bonds. The molecule has 0 unspecified atom stereocenters. The summed E-state index contributed by atoms with van der Waals surface area (Å²) in [5.41, 5.74) is 7.83. The fourth-order valence-electron chi connectivity index (χ4n) is 4.35. The van der Waals surface area contributed by atoms with Gasteiger partial charge < -0.3 is 10.4 Å². The number of hydrogen-bond donors (Lipinski definition) is 2. The van der Waals surface area contributed by atoms with E-state index < -0.39 is 5.97 Å². The number of anilines is 1. The van der Waals surface area contributed by atoms with Crippen LogP contribution < -0.4 is 5.32 Å². The highest BCUT2D eigenvalue weighted by Gasteiger charge is 2.19. The zero-order valence-corrected chi connectivity index (χ0v) is 17.9. The van der Waals surface area contributed by atoms with Crippen molar-refractivity contribution < 1.29 is 14.3 Å². The molecule has 0 atom stereocenters. The van der Waals surface area contributed by atoms with Crippen molar-refractivity contribution in [2.75, 3.05) is 5.32 Å². The summed E-state index contributed by atoms with van der Waals surface area (Å²) < 4.78 is 14.9. The Balaban J connectivity index is 2.04. The van der Waals surface area contributed by atoms with Crippen LogP contribution >= 0.6 is 0 Å². The summed E-state index contributed by atoms with van der Waals surface area (Å²) in [6.07, 6.45) is 6.34. The van der Waals surface area contributed by atoms with E-state index in [1.54, 1.807) is 19.1 Å². The minimum atomic E-state index is -0.921. The molecular weight excluding hydrogens is 365 g/mol. The Bertz CT molecular complexity index is 956. The molecule has 2 N–H and O–H groups in total. The predicted octanol–water partition coefficient (Wildman–Crippen LogP) is 6.57. The van der Waals surface area contributed by atoms with Crippen molar-refractivity contribution in [3.8, 4) is 11.1 Å². The number of carboxylic acid groups (broad SMARTS) is 1. The van der Waals surface area contributed by atoms with E-state index in [1.165, 1.54) is 12.8 Å². The monoisotopic (exact) mass is 395 g/mol. The summed E-state index contributed by atoms with van der Waals surface area (Å²) in [7, 11) is 0. The maximum atomic E-state index is 14.9. The van der Waals surface area contributed by atoms with E-state index in [0.717, 1.165) is 51.8 Å². The van der Waals surface area contributed by atoms with Gasteiger partial charge in [-0.2, -0.15) is 0 Å². The second-order valence-corrected chi connectivity index (χ2v) is 8.24. The first-order chi connectivity index (χ1) is 13.7. The first kappa shape index (κ1) is 21.1. The molecule has 29 heavy (non-hydrogen) atoms. The zero-order chi connectivity index (χ0) is 21.3. The molecule has 1 aliphatic carbocycles. The maximum Gasteiger partial charge on any atom is 0.331 e. The van der Waals surface area contributed by atoms with Crippen molar-refractivity contribution in [1.29, 1.82) is 0 Å². The molecule has 4 heteroatoms. The average Bonchev–Trinajstić information content (AvgIpc) is 3.18. The zero-order valence-electron chi connectivity index (χ0n) is 17.9. The smallest absolute Gasteiger partial charge is 0.331 e. The standard InChI is InChI=1S/C25H30FNO2/c1-14(25(28)29)12-21-15(2)17(4)24(18(5)16(21)3)19-10-11-23(22(26)13-19)27-20-8-6-7-9-20/h10-13,20,27H,6-9H2,1-5H3,(H,28,29)/b14-12+. The minimum absolute atomic E-state index is 0.228. The van der Waals surface area contributed by atoms with Crippen LogP contribution in [-0.4, -0.2) is 17.1 Å². The van der Waals surface area contributed by atoms with Crippen LogP contribution in [0.1, 0.15) is 60.4 Å². The van der Waals surface area contributed by atoms with E-state index in [9.17, 15) is 14.3 Å². The molecule has 1 saturated carbocycles. The van der Waals surface area contributed by atoms with Crippen molar-refractivity contribution in [2.24, 2.45) is 0 Å². The first-order valence-corrected chi connectivity index (χ1v) is 10.3. The molecule has 0 heterocycles. The van der Waals surface area contributed by atoms with Crippen LogP contribution in [0.2, 0.25) is 0 Å². The van der Waals surface area contributed by atoms with Gasteiger partial charge in [-0.1, -0.05) is 18.9 Å². The Hall–Kier alpha value is -2.62. The third kappa shape index (κ3) is 4.21. The van der Waals surface area contributed by atoms with Crippen LogP contribution in [-0.2, 0) is 4.79 Å². The summed E-state index contributed by atoms with van der Waals surface area (Å²) in [4.78, 5) is 11.3. The van der Waals surface area contributed by atoms with Gasteiger partial charge in [-0.3, -0.25) is 0 Å². The molecule has 2 aromatic rings. The first-order valence-electron chi connectivity index (χ1n) is 10.3. The molecule has 0 aromatic heterocycles. The molecule has 0 aliphatic heterocycles. The lowest BCUT2D eigenvalue weighted by molar-refractivity contribution is -0.132. The number of carboxylic acids is 1. The van der Waals surface area contributed by atoms with E-state index in [2.05, 4.69) is 5.32 Å². The van der Waals surface area contributed by atoms with Crippen LogP contribution in [0.3, 0.4) is 0 Å². The van der Waals surface area contributed by atoms with Crippen molar-refractivity contribution in [2.45, 2.75) is 66.3 Å². The van der Waals surface area contributed by atoms with E-state index >= 15 is 0 Å². The SMILES string of the molecule is C/C(=C\c1c(C)c(C)c(-c2ccc(NC3CCCC3)c(F)c2)c(C)c1C)C(=O)O. The molecule has 1 aliphatic rings. The molecule has 2 aromatic carbocycles. The molecule has 0 saturated heterocycles. The van der Waals surface area contributed by atoms with E-state index in [-0.39, 0.29) is 5.82 Å². The maximum absolute atomic E-state index is 14.9. The van der Waals surface area contributed by atoms with E-state index in [0.29, 0.717) is 17.3 Å². The highest BCUT2D eigenvalue weighted by atomic mass is 19.1. The van der Waals surface area contributed by atoms with Gasteiger partial charge in [0, 0.05) is 11.6 Å². The van der Waals surface area contributed by atoms with Crippen LogP contribution in [0.25, 0.3) is 17.2 Å². The van der Waals surface area contributed by atoms with Gasteiger partial charge in [-0.25, -0.2) is 9.18 Å². The predicted molar refractivity (Wildman–Crippen MR) is 118 cm³/mol. The quantitative estimate of drug-likeness (QED) is 0.563. The van der Waals surface area contributed by atoms with Gasteiger partial charge in [0.2, 0.25) is 0 Å². The number of benzene rings is 2. The number of halogens is 1. The highest BCUT2D eigenvalue weighted by Crippen LogP contribution is 2.36. The fourth-order valence-corrected chi connectivity index (χ4v) is 4.35. The Morgan fingerprint density at radius 1 is 1.07 bits per heavy atom. The molecule has 3 nitrogen and oxygen atoms in total. The fraction of sp³-hybridized carbons (Fsp3) is 0.400. The van der Waals surface area contributed by atoms with Gasteiger partial charge >= 0.3 is 5.97 Å². The molecular formula is C25H30FNO2. The van der Waals surface area contributed by atoms with Gasteiger partial charge in [0.05, 0.1) is 5.69 Å². The molecule has 154 valence electrons. The number of rotatable bonds is 5. The van der Waals surface area contributed by atoms with Gasteiger partial charge in [0.25, 0.3) is 0 Å². The number of hydrogen-bond acceptors (Lipinski definition) is 2. The third-order valence-electron chi connectivity index (χ3n) is 6.35. The summed E-state index contributed by atoms with van der Waals surface area (Å²) in [6, 6.07) is 5.80. The largest absolute Gasteiger partial charge is 0.478 e. The lowest BCUT2D eigenvalue weighted by Crippen LogP contribution is -2.15. The lowest BCUT2D eigenvalue weighted by atomic mass is 9.85. The highest BCUT2D eigenvalue weighted by molar-refractivity contribution is 5.92. The molecule has 0 spiro atoms. The Labute approximate surface area is 172 Å². The van der Waals surface area contributed by atoms with Gasteiger partial charge in [0.15, 0.2) is 0 Å². The Kier molecular flexibility index (Phi) is 6.11.